The highest BCUT2D eigenvalue weighted by atomic mass is 32.3. The summed E-state index contributed by atoms with van der Waals surface area (Å²) >= 11 is 0. The molecule has 0 radical (unpaired) electrons. The molecule has 154 valence electrons. The van der Waals surface area contributed by atoms with Crippen LogP contribution in [0.5, 0.6) is 5.75 Å². The third-order valence-corrected chi connectivity index (χ3v) is 5.54. The molecule has 0 amide bonds. The van der Waals surface area contributed by atoms with E-state index in [1.165, 1.54) is 4.68 Å². The van der Waals surface area contributed by atoms with E-state index < -0.39 is 10.9 Å². The van der Waals surface area contributed by atoms with Crippen LogP contribution in [0.2, 0.25) is 0 Å². The average molecular weight is 427 g/mol. The van der Waals surface area contributed by atoms with E-state index in [4.69, 9.17) is 0 Å². The number of benzene rings is 3. The van der Waals surface area contributed by atoms with E-state index in [1.54, 1.807) is 43.3 Å². The SMILES string of the molecule is Cc1[nH]n(-c2ccccc2)c(=O)c1N=[NH+]c1c(O)cc(S(O)(O)O)c2ccccc12. The number of nitrogens with one attached hydrogen (secondary N) is 2. The first-order valence-electron chi connectivity index (χ1n) is 8.86. The highest BCUT2D eigenvalue weighted by Crippen LogP contribution is 2.50. The number of rotatable bonds is 4. The zero-order valence-electron chi connectivity index (χ0n) is 15.8. The van der Waals surface area contributed by atoms with Crippen molar-refractivity contribution < 1.29 is 23.9 Å². The number of azo groups is 1. The molecular formula is C20H19N4O5S+. The fourth-order valence-corrected chi connectivity index (χ4v) is 3.95. The van der Waals surface area contributed by atoms with Gasteiger partial charge in [0.05, 0.1) is 21.7 Å². The summed E-state index contributed by atoms with van der Waals surface area (Å²) in [7, 11) is -4.05. The Morgan fingerprint density at radius 2 is 1.63 bits per heavy atom. The number of phenols is 1. The number of hydrogen-bond donors (Lipinski definition) is 6. The van der Waals surface area contributed by atoms with Crippen LogP contribution in [0.1, 0.15) is 5.69 Å². The number of hydrogen-bond acceptors (Lipinski definition) is 6. The zero-order valence-corrected chi connectivity index (χ0v) is 16.6. The fraction of sp³-hybridized carbons (Fsp3) is 0.0500. The fourth-order valence-electron chi connectivity index (χ4n) is 3.21. The van der Waals surface area contributed by atoms with Gasteiger partial charge in [0, 0.05) is 16.6 Å². The van der Waals surface area contributed by atoms with Crippen LogP contribution >= 0.6 is 10.9 Å². The number of aromatic amines is 1. The number of nitrogens with zero attached hydrogens (tertiary/aromatic N) is 2. The minimum absolute atomic E-state index is 0.123. The monoisotopic (exact) mass is 427 g/mol. The molecule has 9 nitrogen and oxygen atoms in total. The molecule has 4 aromatic rings. The van der Waals surface area contributed by atoms with E-state index in [1.807, 2.05) is 18.2 Å². The predicted molar refractivity (Wildman–Crippen MR) is 113 cm³/mol. The van der Waals surface area contributed by atoms with E-state index in [9.17, 15) is 23.6 Å². The van der Waals surface area contributed by atoms with Crippen LogP contribution in [0.25, 0.3) is 16.5 Å². The molecule has 10 heteroatoms. The first-order valence-corrected chi connectivity index (χ1v) is 10.4. The minimum Gasteiger partial charge on any atom is -0.502 e. The Hall–Kier alpha value is -3.44. The molecule has 1 heterocycles. The van der Waals surface area contributed by atoms with Crippen molar-refractivity contribution in [3.8, 4) is 11.4 Å². The summed E-state index contributed by atoms with van der Waals surface area (Å²) in [6.07, 6.45) is 0. The van der Waals surface area contributed by atoms with Crippen molar-refractivity contribution >= 4 is 33.0 Å². The van der Waals surface area contributed by atoms with Crippen molar-refractivity contribution in [2.45, 2.75) is 11.8 Å². The summed E-state index contributed by atoms with van der Waals surface area (Å²) in [5.41, 5.74) is 1.07. The molecule has 0 spiro atoms. The van der Waals surface area contributed by atoms with Gasteiger partial charge in [-0.1, -0.05) is 41.5 Å². The van der Waals surface area contributed by atoms with Crippen molar-refractivity contribution in [1.29, 1.82) is 0 Å². The number of fused-ring (bicyclic) bond motifs is 1. The van der Waals surface area contributed by atoms with E-state index in [2.05, 4.69) is 15.3 Å². The van der Waals surface area contributed by atoms with Crippen LogP contribution in [-0.2, 0) is 0 Å². The number of aromatic nitrogens is 2. The topological polar surface area (TPSA) is 145 Å². The van der Waals surface area contributed by atoms with Crippen LogP contribution in [0, 0.1) is 6.92 Å². The van der Waals surface area contributed by atoms with Gasteiger partial charge in [-0.25, -0.2) is 4.68 Å². The van der Waals surface area contributed by atoms with Gasteiger partial charge in [0.15, 0.2) is 5.75 Å². The van der Waals surface area contributed by atoms with Gasteiger partial charge in [-0.15, -0.1) is 0 Å². The molecule has 0 aliphatic heterocycles. The Morgan fingerprint density at radius 1 is 1.00 bits per heavy atom. The lowest BCUT2D eigenvalue weighted by Gasteiger charge is -2.21. The van der Waals surface area contributed by atoms with Gasteiger partial charge in [-0.05, 0) is 25.1 Å². The first kappa shape index (κ1) is 19.9. The summed E-state index contributed by atoms with van der Waals surface area (Å²) < 4.78 is 30.4. The predicted octanol–water partition coefficient (Wildman–Crippen LogP) is 3.41. The molecule has 3 aromatic carbocycles. The quantitative estimate of drug-likeness (QED) is 0.218. The van der Waals surface area contributed by atoms with Crippen LogP contribution in [0.4, 0.5) is 11.4 Å². The molecule has 0 unspecified atom stereocenters. The Kier molecular flexibility index (Phi) is 4.92. The second-order valence-electron chi connectivity index (χ2n) is 6.62. The van der Waals surface area contributed by atoms with Crippen LogP contribution in [0.15, 0.2) is 75.5 Å². The molecule has 0 atom stereocenters. The third-order valence-electron chi connectivity index (χ3n) is 4.62. The van der Waals surface area contributed by atoms with Crippen molar-refractivity contribution in [2.24, 2.45) is 5.11 Å². The highest BCUT2D eigenvalue weighted by Gasteiger charge is 2.25. The van der Waals surface area contributed by atoms with Gasteiger partial charge in [0.1, 0.15) is 10.9 Å². The van der Waals surface area contributed by atoms with E-state index in [0.29, 0.717) is 22.2 Å². The lowest BCUT2D eigenvalue weighted by molar-refractivity contribution is -0.432. The highest BCUT2D eigenvalue weighted by molar-refractivity contribution is 8.19. The molecule has 30 heavy (non-hydrogen) atoms. The second-order valence-corrected chi connectivity index (χ2v) is 8.10. The number of aromatic hydroxyl groups is 1. The summed E-state index contributed by atoms with van der Waals surface area (Å²) in [6.45, 7) is 1.70. The molecule has 0 aliphatic carbocycles. The van der Waals surface area contributed by atoms with E-state index in [0.717, 1.165) is 6.07 Å². The molecule has 0 bridgehead atoms. The molecule has 4 rings (SSSR count). The van der Waals surface area contributed by atoms with Gasteiger partial charge in [0.25, 0.3) is 5.69 Å². The van der Waals surface area contributed by atoms with Gasteiger partial charge in [-0.3, -0.25) is 9.89 Å². The summed E-state index contributed by atoms with van der Waals surface area (Å²) in [6, 6.07) is 16.6. The Morgan fingerprint density at radius 3 is 2.30 bits per heavy atom. The normalized spacial score (nSPS) is 12.7. The van der Waals surface area contributed by atoms with Crippen LogP contribution in [0.3, 0.4) is 0 Å². The van der Waals surface area contributed by atoms with Crippen molar-refractivity contribution in [2.75, 3.05) is 0 Å². The summed E-state index contributed by atoms with van der Waals surface area (Å²) in [4.78, 5) is 12.6. The Bertz CT molecular complexity index is 1320. The standard InChI is InChI=1S/C20H18N4O5S/c1-12-18(20(26)24(23-12)13-7-3-2-4-8-13)21-22-19-15-10-6-5-9-14(15)17(11-16(19)25)30(27,28)29/h2-11,23,25,27-29H,1H3/p+1. The molecule has 0 aliphatic rings. The number of phenolic OH excluding ortho intramolecular Hbond substituents is 1. The number of aryl methyl sites for hydroxylation is 1. The zero-order chi connectivity index (χ0) is 21.5. The molecule has 0 saturated carbocycles. The van der Waals surface area contributed by atoms with E-state index >= 15 is 0 Å². The van der Waals surface area contributed by atoms with Crippen molar-refractivity contribution in [1.82, 2.24) is 9.78 Å². The lowest BCUT2D eigenvalue weighted by Crippen LogP contribution is -2.57. The maximum absolute atomic E-state index is 12.8. The third kappa shape index (κ3) is 3.48. The maximum Gasteiger partial charge on any atom is 0.303 e. The van der Waals surface area contributed by atoms with Gasteiger partial charge in [0.2, 0.25) is 5.69 Å². The first-order chi connectivity index (χ1) is 14.3. The molecule has 0 saturated heterocycles. The smallest absolute Gasteiger partial charge is 0.303 e. The molecule has 1 aromatic heterocycles. The minimum atomic E-state index is -4.05. The van der Waals surface area contributed by atoms with Gasteiger partial charge >= 0.3 is 5.56 Å². The van der Waals surface area contributed by atoms with Crippen molar-refractivity contribution in [3.63, 3.8) is 0 Å². The largest absolute Gasteiger partial charge is 0.502 e. The Balaban J connectivity index is 1.84. The van der Waals surface area contributed by atoms with E-state index in [-0.39, 0.29) is 27.6 Å². The van der Waals surface area contributed by atoms with Crippen molar-refractivity contribution in [3.05, 3.63) is 76.7 Å². The molecular weight excluding hydrogens is 408 g/mol. The van der Waals surface area contributed by atoms with Gasteiger partial charge in [-0.2, -0.15) is 0 Å². The number of para-hydroxylation sites is 1. The average Bonchev–Trinajstić information content (AvgIpc) is 3.00. The van der Waals surface area contributed by atoms with Crippen LogP contribution < -0.4 is 10.7 Å². The number of H-pyrrole nitrogens is 1. The summed E-state index contributed by atoms with van der Waals surface area (Å²) in [5.74, 6) is -0.363. The Labute approximate surface area is 172 Å². The second kappa shape index (κ2) is 7.43. The maximum atomic E-state index is 12.8. The van der Waals surface area contributed by atoms with Gasteiger partial charge < -0.3 is 18.8 Å². The summed E-state index contributed by atoms with van der Waals surface area (Å²) in [5, 5.41) is 21.0. The molecule has 6 N–H and O–H groups in total. The lowest BCUT2D eigenvalue weighted by atomic mass is 10.1. The van der Waals surface area contributed by atoms with Crippen LogP contribution in [-0.4, -0.2) is 28.5 Å². The molecule has 0 fully saturated rings.